The van der Waals surface area contributed by atoms with Crippen LogP contribution >= 0.6 is 24.3 Å². The zero-order chi connectivity index (χ0) is 31.6. The normalized spacial score (nSPS) is 31.1. The van der Waals surface area contributed by atoms with Gasteiger partial charge in [0.1, 0.15) is 37.1 Å². The molecule has 4 rings (SSSR count). The van der Waals surface area contributed by atoms with Gasteiger partial charge in [-0.05, 0) is 0 Å². The molecule has 11 atom stereocenters. The van der Waals surface area contributed by atoms with Crippen molar-refractivity contribution in [2.75, 3.05) is 13.2 Å². The predicted molar refractivity (Wildman–Crippen MR) is 134 cm³/mol. The summed E-state index contributed by atoms with van der Waals surface area (Å²) < 4.78 is 66.8. The van der Waals surface area contributed by atoms with Crippen LogP contribution in [0.1, 0.15) is 12.5 Å². The Kier molecular flexibility index (Phi) is 10.5. The third-order valence-electron chi connectivity index (χ3n) is 6.09. The molecule has 7 N–H and O–H groups in total. The molecule has 0 aromatic carbocycles. The maximum Gasteiger partial charge on any atom is 0.695 e. The van der Waals surface area contributed by atoms with Crippen molar-refractivity contribution in [2.24, 2.45) is 0 Å². The zero-order valence-corrected chi connectivity index (χ0v) is 23.8. The topological polar surface area (TPSA) is 317 Å². The second kappa shape index (κ2) is 13.6. The van der Waals surface area contributed by atoms with Gasteiger partial charge in [-0.1, -0.05) is 0 Å². The number of hydrogen-bond donors (Lipinski definition) is 7. The Hall–Kier alpha value is -2.65. The molecule has 0 aliphatic carbocycles. The summed E-state index contributed by atoms with van der Waals surface area (Å²) in [6.45, 7) is -1.79. The van der Waals surface area contributed by atoms with E-state index >= 15 is 0 Å². The van der Waals surface area contributed by atoms with E-state index in [9.17, 15) is 52.9 Å². The van der Waals surface area contributed by atoms with Crippen molar-refractivity contribution < 1.29 is 66.2 Å². The maximum absolute atomic E-state index is 12.9. The van der Waals surface area contributed by atoms with Crippen LogP contribution < -0.4 is 22.5 Å². The molecule has 22 nitrogen and oxygen atoms in total. The summed E-state index contributed by atoms with van der Waals surface area (Å²) in [7, 11) is -11.9. The Morgan fingerprint density at radius 2 is 1.33 bits per heavy atom. The van der Waals surface area contributed by atoms with Crippen LogP contribution in [-0.2, 0) is 41.3 Å². The van der Waals surface area contributed by atoms with Gasteiger partial charge in [0.25, 0.3) is 11.1 Å². The van der Waals surface area contributed by atoms with Crippen LogP contribution in [0.3, 0.4) is 0 Å². The molecule has 0 amide bonds. The van der Waals surface area contributed by atoms with Gasteiger partial charge in [-0.2, -0.15) is 0 Å². The number of aliphatic hydroxyl groups is 2. The van der Waals surface area contributed by atoms with E-state index in [0.29, 0.717) is 9.13 Å². The Balaban J connectivity index is 1.52. The van der Waals surface area contributed by atoms with Crippen molar-refractivity contribution in [3.63, 3.8) is 0 Å². The molecular formula is C18H23N4O18P3+2. The molecule has 2 saturated heterocycles. The Labute approximate surface area is 238 Å². The lowest BCUT2D eigenvalue weighted by Gasteiger charge is -2.23. The van der Waals surface area contributed by atoms with E-state index in [4.69, 9.17) is 27.9 Å². The average Bonchev–Trinajstić information content (AvgIpc) is 3.37. The van der Waals surface area contributed by atoms with Gasteiger partial charge in [0.2, 0.25) is 0 Å². The number of hydrogen-bond acceptors (Lipinski definition) is 15. The lowest BCUT2D eigenvalue weighted by atomic mass is 10.1. The zero-order valence-electron chi connectivity index (χ0n) is 21.1. The van der Waals surface area contributed by atoms with Crippen LogP contribution in [0.4, 0.5) is 0 Å². The quantitative estimate of drug-likeness (QED) is 0.109. The van der Waals surface area contributed by atoms with Crippen molar-refractivity contribution in [3.8, 4) is 0 Å². The number of aromatic amines is 2. The number of nitrogens with zero attached hydrogens (tertiary/aromatic N) is 2. The van der Waals surface area contributed by atoms with E-state index in [-0.39, 0.29) is 0 Å². The standard InChI is InChI=1S/C18H21N4O18P3/c23-9-1-3-21(17(27)19-9)15-11(25)13(39-42(31)32)8(38-15)6-36-43(33,34)40-14-7(5-35-41(29)30)37-16(12(14)26)22-4-2-10(24)20-18(22)28/h1-4,7-8,11-16,25-26H,5-6H2,(H3-2,19,20,23,24,27,28,29,30,31,32,33,34)/p+2/t7-,8-,11-,12-,13-,14-,15-,16-/m1/s1. The smallest absolute Gasteiger partial charge is 0.386 e. The van der Waals surface area contributed by atoms with Crippen molar-refractivity contribution in [2.45, 2.75) is 49.1 Å². The summed E-state index contributed by atoms with van der Waals surface area (Å²) in [5.74, 6) is 0. The van der Waals surface area contributed by atoms with E-state index in [0.717, 1.165) is 24.5 Å². The van der Waals surface area contributed by atoms with Crippen LogP contribution in [0, 0.1) is 0 Å². The highest BCUT2D eigenvalue weighted by molar-refractivity contribution is 7.47. The molecule has 2 aliphatic rings. The van der Waals surface area contributed by atoms with Crippen LogP contribution in [0.15, 0.2) is 43.7 Å². The molecule has 43 heavy (non-hydrogen) atoms. The average molecular weight is 676 g/mol. The second-order valence-electron chi connectivity index (χ2n) is 8.82. The minimum absolute atomic E-state index is 0.704. The van der Waals surface area contributed by atoms with Gasteiger partial charge in [0, 0.05) is 33.7 Å². The first-order valence-corrected chi connectivity index (χ1v) is 15.5. The van der Waals surface area contributed by atoms with Crippen LogP contribution in [0.5, 0.6) is 0 Å². The molecule has 2 aliphatic heterocycles. The van der Waals surface area contributed by atoms with E-state index in [1.54, 1.807) is 0 Å². The lowest BCUT2D eigenvalue weighted by molar-refractivity contribution is -0.0597. The third-order valence-corrected chi connectivity index (χ3v) is 7.87. The van der Waals surface area contributed by atoms with Gasteiger partial charge in [-0.3, -0.25) is 37.7 Å². The van der Waals surface area contributed by atoms with Crippen LogP contribution in [0.2, 0.25) is 0 Å². The summed E-state index contributed by atoms with van der Waals surface area (Å²) in [4.78, 5) is 79.5. The van der Waals surface area contributed by atoms with Gasteiger partial charge in [0.05, 0.1) is 6.61 Å². The number of H-pyrrole nitrogens is 2. The number of aliphatic hydroxyl groups excluding tert-OH is 2. The van der Waals surface area contributed by atoms with Crippen molar-refractivity contribution in [1.82, 2.24) is 19.1 Å². The predicted octanol–water partition coefficient (Wildman–Crippen LogP) is -3.19. The van der Waals surface area contributed by atoms with Crippen molar-refractivity contribution in [1.29, 1.82) is 0 Å². The van der Waals surface area contributed by atoms with Gasteiger partial charge >= 0.3 is 35.7 Å². The number of phosphoric acid groups is 1. The molecule has 2 aromatic rings. The molecule has 2 aromatic heterocycles. The van der Waals surface area contributed by atoms with E-state index in [1.807, 2.05) is 9.97 Å². The number of rotatable bonds is 12. The minimum atomic E-state index is -5.29. The Morgan fingerprint density at radius 3 is 1.79 bits per heavy atom. The summed E-state index contributed by atoms with van der Waals surface area (Å²) in [5, 5.41) is 21.4. The molecule has 0 spiro atoms. The largest absolute Gasteiger partial charge is 0.695 e. The number of aromatic nitrogens is 4. The SMILES string of the molecule is O=c1ccn([C@@H]2O[C@H](COP(=O)(O)O[C@H]3[C@@H](O)[C@H](n4ccc(=O)[nH]c4=O)O[C@@H]3CO[P+](=O)O)[C@@H](O[P+](=O)O)[C@H]2O)c(=O)[nH]1. The molecule has 0 saturated carbocycles. The lowest BCUT2D eigenvalue weighted by Crippen LogP contribution is -2.39. The summed E-state index contributed by atoms with van der Waals surface area (Å²) in [5.41, 5.74) is -3.65. The van der Waals surface area contributed by atoms with Crippen LogP contribution in [-0.4, -0.2) is 93.8 Å². The highest BCUT2D eigenvalue weighted by atomic mass is 31.2. The number of ether oxygens (including phenoxy) is 2. The van der Waals surface area contributed by atoms with E-state index < -0.39 is 109 Å². The molecular weight excluding hydrogens is 653 g/mol. The van der Waals surface area contributed by atoms with E-state index in [1.165, 1.54) is 0 Å². The maximum atomic E-state index is 12.9. The fourth-order valence-electron chi connectivity index (χ4n) is 4.28. The van der Waals surface area contributed by atoms with Gasteiger partial charge in [-0.25, -0.2) is 14.2 Å². The molecule has 236 valence electrons. The second-order valence-corrected chi connectivity index (χ2v) is 11.6. The number of phosphoric ester groups is 1. The Morgan fingerprint density at radius 1 is 0.837 bits per heavy atom. The summed E-state index contributed by atoms with van der Waals surface area (Å²) in [6, 6.07) is 1.82. The Bertz CT molecular complexity index is 1640. The van der Waals surface area contributed by atoms with Gasteiger partial charge in [-0.15, -0.1) is 18.8 Å². The fourth-order valence-corrected chi connectivity index (χ4v) is 5.98. The fraction of sp³-hybridized carbons (Fsp3) is 0.556. The van der Waals surface area contributed by atoms with Crippen molar-refractivity contribution in [3.05, 3.63) is 66.2 Å². The van der Waals surface area contributed by atoms with E-state index in [2.05, 4.69) is 4.52 Å². The summed E-state index contributed by atoms with van der Waals surface area (Å²) >= 11 is 0. The summed E-state index contributed by atoms with van der Waals surface area (Å²) in [6.07, 6.45) is -11.9. The molecule has 3 unspecified atom stereocenters. The highest BCUT2D eigenvalue weighted by Gasteiger charge is 2.53. The molecule has 25 heteroatoms. The monoisotopic (exact) mass is 676 g/mol. The number of nitrogens with one attached hydrogen (secondary N) is 2. The highest BCUT2D eigenvalue weighted by Crippen LogP contribution is 2.49. The van der Waals surface area contributed by atoms with Gasteiger partial charge < -0.3 is 24.6 Å². The molecule has 2 fully saturated rings. The third kappa shape index (κ3) is 7.90. The van der Waals surface area contributed by atoms with Gasteiger partial charge in [0.15, 0.2) is 18.6 Å². The molecule has 0 bridgehead atoms. The first kappa shape index (κ1) is 33.2. The van der Waals surface area contributed by atoms with Crippen molar-refractivity contribution >= 4 is 24.3 Å². The molecule has 4 heterocycles. The minimum Gasteiger partial charge on any atom is -0.386 e. The molecule has 0 radical (unpaired) electrons. The first-order valence-electron chi connectivity index (χ1n) is 11.7. The van der Waals surface area contributed by atoms with Crippen LogP contribution in [0.25, 0.3) is 0 Å². The first-order chi connectivity index (χ1) is 20.2.